The summed E-state index contributed by atoms with van der Waals surface area (Å²) in [6.07, 6.45) is -4.08. The third kappa shape index (κ3) is 5.31. The average Bonchev–Trinajstić information content (AvgIpc) is 3.47. The normalized spacial score (nSPS) is 20.9. The number of nitrogens with one attached hydrogen (secondary N) is 2. The largest absolute Gasteiger partial charge is 0.416 e. The van der Waals surface area contributed by atoms with Gasteiger partial charge in [0, 0.05) is 24.2 Å². The molecule has 4 aromatic heterocycles. The van der Waals surface area contributed by atoms with Crippen LogP contribution < -0.4 is 10.6 Å². The molecule has 0 unspecified atom stereocenters. The number of imidazole rings is 1. The minimum absolute atomic E-state index is 0.0840. The number of pyridine rings is 2. The quantitative estimate of drug-likeness (QED) is 0.257. The van der Waals surface area contributed by atoms with Crippen molar-refractivity contribution in [2.24, 2.45) is 0 Å². The first-order valence-electron chi connectivity index (χ1n) is 11.6. The van der Waals surface area contributed by atoms with Crippen LogP contribution in [0.3, 0.4) is 0 Å². The van der Waals surface area contributed by atoms with E-state index in [1.54, 1.807) is 6.07 Å². The monoisotopic (exact) mass is 576 g/mol. The number of carbonyl (C=O) groups is 1. The van der Waals surface area contributed by atoms with Gasteiger partial charge in [0.15, 0.2) is 35.1 Å². The second-order valence-corrected chi connectivity index (χ2v) is 9.08. The minimum Gasteiger partial charge on any atom is -0.387 e. The topological polar surface area (TPSA) is 160 Å². The van der Waals surface area contributed by atoms with Crippen molar-refractivity contribution in [2.45, 2.75) is 37.3 Å². The summed E-state index contributed by atoms with van der Waals surface area (Å²) in [5.74, 6) is -0.491. The first-order chi connectivity index (χ1) is 19.1. The molecular formula is C24H20ClF3N8O4. The standard InChI is InChI=1S/C24H20ClF3N8O4/c1-2-30-22(39)18-16(37)17(38)23(40-18)36-10-33-15-20(32-9-14-6-12(3-4-31-14)24(26,27)28)34-19(35-21(15)36)11-5-13(25)8-29-7-11/h2-8,10,16-18,23,37-38H,1,9H2,(H,30,39)(H,32,34,35)/t16-,17+,18-,23+/m0/s1. The molecule has 0 spiro atoms. The zero-order chi connectivity index (χ0) is 28.6. The minimum atomic E-state index is -4.54. The van der Waals surface area contributed by atoms with Gasteiger partial charge in [-0.15, -0.1) is 0 Å². The summed E-state index contributed by atoms with van der Waals surface area (Å²) in [5.41, 5.74) is -0.0946. The van der Waals surface area contributed by atoms with Crippen molar-refractivity contribution in [2.75, 3.05) is 5.32 Å². The highest BCUT2D eigenvalue weighted by molar-refractivity contribution is 6.30. The molecule has 12 nitrogen and oxygen atoms in total. The maximum Gasteiger partial charge on any atom is 0.416 e. The molecule has 40 heavy (non-hydrogen) atoms. The number of fused-ring (bicyclic) bond motifs is 1. The van der Waals surface area contributed by atoms with Crippen molar-refractivity contribution >= 4 is 34.5 Å². The number of nitrogens with zero attached hydrogens (tertiary/aromatic N) is 6. The van der Waals surface area contributed by atoms with Crippen molar-refractivity contribution in [3.05, 3.63) is 72.2 Å². The summed E-state index contributed by atoms with van der Waals surface area (Å²) < 4.78 is 46.5. The Morgan fingerprint density at radius 1 is 1.20 bits per heavy atom. The lowest BCUT2D eigenvalue weighted by atomic mass is 10.1. The van der Waals surface area contributed by atoms with Gasteiger partial charge in [0.25, 0.3) is 5.91 Å². The SMILES string of the molecule is C=CNC(=O)[C@H]1O[C@@H](n2cnc3c(NCc4cc(C(F)(F)F)ccn4)nc(-c4cncc(Cl)c4)nc32)[C@H](O)[C@@H]1O. The molecule has 0 radical (unpaired) electrons. The fourth-order valence-electron chi connectivity index (χ4n) is 4.10. The summed E-state index contributed by atoms with van der Waals surface area (Å²) in [5, 5.41) is 26.7. The zero-order valence-electron chi connectivity index (χ0n) is 20.2. The lowest BCUT2D eigenvalue weighted by Gasteiger charge is -2.17. The predicted molar refractivity (Wildman–Crippen MR) is 134 cm³/mol. The molecule has 1 amide bonds. The molecule has 4 aromatic rings. The van der Waals surface area contributed by atoms with E-state index in [-0.39, 0.29) is 35.0 Å². The van der Waals surface area contributed by atoms with E-state index in [1.807, 2.05) is 0 Å². The molecule has 0 aliphatic carbocycles. The van der Waals surface area contributed by atoms with Gasteiger partial charge in [0.2, 0.25) is 0 Å². The van der Waals surface area contributed by atoms with Gasteiger partial charge < -0.3 is 25.6 Å². The van der Waals surface area contributed by atoms with Gasteiger partial charge in [-0.2, -0.15) is 13.2 Å². The van der Waals surface area contributed by atoms with Crippen LogP contribution in [0.25, 0.3) is 22.6 Å². The van der Waals surface area contributed by atoms with Crippen LogP contribution in [-0.4, -0.2) is 63.9 Å². The number of anilines is 1. The number of aromatic nitrogens is 6. The molecule has 16 heteroatoms. The van der Waals surface area contributed by atoms with Crippen LogP contribution in [0.5, 0.6) is 0 Å². The summed E-state index contributed by atoms with van der Waals surface area (Å²) in [4.78, 5) is 33.6. The van der Waals surface area contributed by atoms with E-state index in [9.17, 15) is 28.2 Å². The number of halogens is 4. The molecule has 1 aliphatic rings. The number of alkyl halides is 3. The van der Waals surface area contributed by atoms with Crippen LogP contribution in [0.15, 0.2) is 55.9 Å². The molecular weight excluding hydrogens is 557 g/mol. The van der Waals surface area contributed by atoms with Crippen LogP contribution in [0.4, 0.5) is 19.0 Å². The van der Waals surface area contributed by atoms with Gasteiger partial charge in [-0.05, 0) is 24.4 Å². The smallest absolute Gasteiger partial charge is 0.387 e. The lowest BCUT2D eigenvalue weighted by molar-refractivity contribution is -0.138. The lowest BCUT2D eigenvalue weighted by Crippen LogP contribution is -2.40. The van der Waals surface area contributed by atoms with Crippen LogP contribution >= 0.6 is 11.6 Å². The van der Waals surface area contributed by atoms with Gasteiger partial charge >= 0.3 is 6.18 Å². The molecule has 4 N–H and O–H groups in total. The Bertz CT molecular complexity index is 1580. The Morgan fingerprint density at radius 3 is 2.73 bits per heavy atom. The number of aliphatic hydroxyl groups is 2. The number of amides is 1. The highest BCUT2D eigenvalue weighted by atomic mass is 35.5. The molecule has 208 valence electrons. The van der Waals surface area contributed by atoms with Gasteiger partial charge in [-0.25, -0.2) is 15.0 Å². The van der Waals surface area contributed by atoms with E-state index in [2.05, 4.69) is 42.1 Å². The second-order valence-electron chi connectivity index (χ2n) is 8.64. The molecule has 5 rings (SSSR count). The first-order valence-corrected chi connectivity index (χ1v) is 12.0. The van der Waals surface area contributed by atoms with Crippen LogP contribution in [-0.2, 0) is 22.3 Å². The molecule has 0 saturated carbocycles. The van der Waals surface area contributed by atoms with Crippen LogP contribution in [0, 0.1) is 0 Å². The van der Waals surface area contributed by atoms with Crippen molar-refractivity contribution in [1.82, 2.24) is 34.8 Å². The highest BCUT2D eigenvalue weighted by Gasteiger charge is 2.47. The van der Waals surface area contributed by atoms with E-state index >= 15 is 0 Å². The third-order valence-corrected chi connectivity index (χ3v) is 6.19. The number of carbonyl (C=O) groups excluding carboxylic acids is 1. The Morgan fingerprint density at radius 2 is 2.00 bits per heavy atom. The fraction of sp³-hybridized carbons (Fsp3) is 0.250. The van der Waals surface area contributed by atoms with E-state index in [0.29, 0.717) is 10.6 Å². The Balaban J connectivity index is 1.55. The number of ether oxygens (including phenoxy) is 1. The molecule has 1 fully saturated rings. The number of hydrogen-bond donors (Lipinski definition) is 4. The van der Waals surface area contributed by atoms with Crippen LogP contribution in [0.2, 0.25) is 5.02 Å². The molecule has 0 aromatic carbocycles. The molecule has 4 atom stereocenters. The summed E-state index contributed by atoms with van der Waals surface area (Å²) in [7, 11) is 0. The summed E-state index contributed by atoms with van der Waals surface area (Å²) in [6.45, 7) is 3.24. The maximum atomic E-state index is 13.2. The van der Waals surface area contributed by atoms with Crippen LogP contribution in [0.1, 0.15) is 17.5 Å². The predicted octanol–water partition coefficient (Wildman–Crippen LogP) is 2.45. The van der Waals surface area contributed by atoms with Gasteiger partial charge in [-0.3, -0.25) is 19.3 Å². The average molecular weight is 577 g/mol. The summed E-state index contributed by atoms with van der Waals surface area (Å²) >= 11 is 6.09. The zero-order valence-corrected chi connectivity index (χ0v) is 21.0. The molecule has 1 aliphatic heterocycles. The van der Waals surface area contributed by atoms with Crippen molar-refractivity contribution in [3.63, 3.8) is 0 Å². The van der Waals surface area contributed by atoms with E-state index in [0.717, 1.165) is 24.5 Å². The molecule has 5 heterocycles. The van der Waals surface area contributed by atoms with Gasteiger partial charge in [-0.1, -0.05) is 18.2 Å². The van der Waals surface area contributed by atoms with E-state index in [4.69, 9.17) is 16.3 Å². The summed E-state index contributed by atoms with van der Waals surface area (Å²) in [6, 6.07) is 3.32. The Hall–Kier alpha value is -4.18. The number of rotatable bonds is 7. The second kappa shape index (κ2) is 10.8. The number of hydrogen-bond acceptors (Lipinski definition) is 10. The Kier molecular flexibility index (Phi) is 7.37. The Labute approximate surface area is 228 Å². The van der Waals surface area contributed by atoms with Crippen molar-refractivity contribution in [3.8, 4) is 11.4 Å². The molecule has 0 bridgehead atoms. The number of aliphatic hydroxyl groups excluding tert-OH is 2. The fourth-order valence-corrected chi connectivity index (χ4v) is 4.28. The highest BCUT2D eigenvalue weighted by Crippen LogP contribution is 2.34. The van der Waals surface area contributed by atoms with E-state index in [1.165, 1.54) is 23.3 Å². The first kappa shape index (κ1) is 27.4. The third-order valence-electron chi connectivity index (χ3n) is 5.98. The maximum absolute atomic E-state index is 13.2. The van der Waals surface area contributed by atoms with Gasteiger partial charge in [0.05, 0.1) is 29.2 Å². The molecule has 1 saturated heterocycles. The van der Waals surface area contributed by atoms with Gasteiger partial charge in [0.1, 0.15) is 12.2 Å². The van der Waals surface area contributed by atoms with Crippen molar-refractivity contribution < 1.29 is 32.9 Å². The van der Waals surface area contributed by atoms with E-state index < -0.39 is 42.2 Å². The van der Waals surface area contributed by atoms with Crippen molar-refractivity contribution in [1.29, 1.82) is 0 Å².